The lowest BCUT2D eigenvalue weighted by atomic mass is 9.90. The van der Waals surface area contributed by atoms with Crippen LogP contribution in [0, 0.1) is 18.7 Å². The van der Waals surface area contributed by atoms with Crippen molar-refractivity contribution in [2.24, 2.45) is 5.92 Å². The molecule has 0 spiro atoms. The van der Waals surface area contributed by atoms with Gasteiger partial charge in [0.1, 0.15) is 11.5 Å². The number of piperidine rings is 1. The molecule has 35 heavy (non-hydrogen) atoms. The van der Waals surface area contributed by atoms with Crippen LogP contribution in [0.2, 0.25) is 0 Å². The van der Waals surface area contributed by atoms with Crippen LogP contribution < -0.4 is 15.9 Å². The summed E-state index contributed by atoms with van der Waals surface area (Å²) in [6.45, 7) is 18.4. The van der Waals surface area contributed by atoms with Gasteiger partial charge in [-0.15, -0.1) is 0 Å². The molecule has 1 aromatic carbocycles. The van der Waals surface area contributed by atoms with Crippen LogP contribution in [0.4, 0.5) is 4.39 Å². The van der Waals surface area contributed by atoms with Crippen molar-refractivity contribution in [3.63, 3.8) is 0 Å². The zero-order valence-corrected chi connectivity index (χ0v) is 21.3. The van der Waals surface area contributed by atoms with Crippen molar-refractivity contribution in [1.82, 2.24) is 20.5 Å². The van der Waals surface area contributed by atoms with E-state index in [2.05, 4.69) is 45.8 Å². The van der Waals surface area contributed by atoms with Gasteiger partial charge in [-0.3, -0.25) is 5.10 Å². The highest BCUT2D eigenvalue weighted by Gasteiger charge is 2.17. The number of rotatable bonds is 6. The predicted molar refractivity (Wildman–Crippen MR) is 147 cm³/mol. The van der Waals surface area contributed by atoms with E-state index in [-0.39, 0.29) is 5.82 Å². The number of hydrogen-bond acceptors (Lipinski definition) is 2. The largest absolute Gasteiger partial charge is 0.357 e. The van der Waals surface area contributed by atoms with Gasteiger partial charge in [-0.25, -0.2) is 4.39 Å². The first-order valence-corrected chi connectivity index (χ1v) is 12.4. The zero-order chi connectivity index (χ0) is 25.4. The Kier molecular flexibility index (Phi) is 9.21. The number of nitrogens with zero attached hydrogens (tertiary/aromatic N) is 1. The van der Waals surface area contributed by atoms with E-state index in [4.69, 9.17) is 0 Å². The minimum absolute atomic E-state index is 0.253. The van der Waals surface area contributed by atoms with E-state index < -0.39 is 0 Å². The lowest BCUT2D eigenvalue weighted by Gasteiger charge is -2.22. The first-order chi connectivity index (χ1) is 17.0. The number of H-pyrrole nitrogens is 2. The highest BCUT2D eigenvalue weighted by molar-refractivity contribution is 5.84. The van der Waals surface area contributed by atoms with Crippen LogP contribution in [-0.2, 0) is 0 Å². The Morgan fingerprint density at radius 2 is 1.83 bits per heavy atom. The first-order valence-electron chi connectivity index (χ1n) is 12.4. The minimum Gasteiger partial charge on any atom is -0.357 e. The lowest BCUT2D eigenvalue weighted by Crippen LogP contribution is -2.29. The summed E-state index contributed by atoms with van der Waals surface area (Å²) in [5, 5.41) is 13.3. The maximum atomic E-state index is 13.5. The molecule has 0 radical (unpaired) electrons. The predicted octanol–water partition coefficient (Wildman–Crippen LogP) is 5.63. The monoisotopic (exact) mass is 472 g/mol. The molecule has 0 amide bonds. The maximum Gasteiger partial charge on any atom is 0.123 e. The molecule has 3 heterocycles. The Balaban J connectivity index is 0.00000167. The summed E-state index contributed by atoms with van der Waals surface area (Å²) in [4.78, 5) is 3.51. The third-order valence-corrected chi connectivity index (χ3v) is 6.32. The first kappa shape index (κ1) is 26.2. The summed E-state index contributed by atoms with van der Waals surface area (Å²) in [5.41, 5.74) is 6.88. The quantitative estimate of drug-likeness (QED) is 0.407. The average molecular weight is 473 g/mol. The molecule has 0 saturated carbocycles. The molecule has 4 rings (SSSR count). The number of allylic oxidation sites excluding steroid dienone is 3. The van der Waals surface area contributed by atoms with E-state index in [9.17, 15) is 4.39 Å². The molecule has 0 atom stereocenters. The van der Waals surface area contributed by atoms with E-state index in [1.54, 1.807) is 18.2 Å². The van der Waals surface area contributed by atoms with Gasteiger partial charge in [-0.2, -0.15) is 5.10 Å². The highest BCUT2D eigenvalue weighted by atomic mass is 19.1. The van der Waals surface area contributed by atoms with Gasteiger partial charge in [0.2, 0.25) is 0 Å². The van der Waals surface area contributed by atoms with Crippen LogP contribution in [0.15, 0.2) is 61.2 Å². The fraction of sp³-hybridized carbons (Fsp3) is 0.300. The molecule has 1 aliphatic heterocycles. The Labute approximate surface area is 208 Å². The molecule has 2 aromatic heterocycles. The summed E-state index contributed by atoms with van der Waals surface area (Å²) in [6.07, 6.45) is 10.1. The number of aromatic amines is 2. The SMILES string of the molecule is C=C/C=C(/c1ccc(F)cc1)c1cc(-c2n[nH]c(=C/C)/c2=C\C(=C)C2CCNCC2)[nH]c1C.CC. The normalized spacial score (nSPS) is 15.6. The molecule has 3 N–H and O–H groups in total. The van der Waals surface area contributed by atoms with Crippen molar-refractivity contribution in [3.8, 4) is 11.4 Å². The standard InChI is InChI=1S/C28H31FN4.C2H6/c1-5-7-23(21-8-10-22(29)11-9-21)24-17-27(31-19(24)4)28-25(26(6-2)32-33-28)16-18(3)20-12-14-30-15-13-20;1-2/h5-11,16-17,20,30-32H,1,3,12-15H2,2,4H3;1-2H3/b23-7-,25-16+,26-6+;. The number of halogens is 1. The van der Waals surface area contributed by atoms with E-state index in [0.717, 1.165) is 75.9 Å². The summed E-state index contributed by atoms with van der Waals surface area (Å²) in [7, 11) is 0. The van der Waals surface area contributed by atoms with Crippen LogP contribution in [0.3, 0.4) is 0 Å². The number of aromatic nitrogens is 3. The third kappa shape index (κ3) is 5.98. The molecular formula is C30H37FN4. The van der Waals surface area contributed by atoms with E-state index in [0.29, 0.717) is 5.92 Å². The fourth-order valence-corrected chi connectivity index (χ4v) is 4.49. The number of hydrogen-bond donors (Lipinski definition) is 3. The van der Waals surface area contributed by atoms with Gasteiger partial charge in [-0.1, -0.05) is 62.9 Å². The van der Waals surface area contributed by atoms with E-state index >= 15 is 0 Å². The minimum atomic E-state index is -0.253. The van der Waals surface area contributed by atoms with E-state index in [1.165, 1.54) is 12.1 Å². The Morgan fingerprint density at radius 1 is 1.14 bits per heavy atom. The number of aryl methyl sites for hydroxylation is 1. The van der Waals surface area contributed by atoms with Crippen LogP contribution in [0.25, 0.3) is 29.1 Å². The Hall–Kier alpha value is -3.44. The smallest absolute Gasteiger partial charge is 0.123 e. The summed E-state index contributed by atoms with van der Waals surface area (Å²) in [5.74, 6) is 0.234. The van der Waals surface area contributed by atoms with Gasteiger partial charge < -0.3 is 10.3 Å². The second-order valence-corrected chi connectivity index (χ2v) is 8.48. The van der Waals surface area contributed by atoms with Gasteiger partial charge in [0.05, 0.1) is 11.0 Å². The van der Waals surface area contributed by atoms with Gasteiger partial charge in [-0.05, 0) is 81.1 Å². The molecule has 0 bridgehead atoms. The molecule has 4 nitrogen and oxygen atoms in total. The van der Waals surface area contributed by atoms with Crippen molar-refractivity contribution >= 4 is 17.7 Å². The van der Waals surface area contributed by atoms with Crippen LogP contribution >= 0.6 is 0 Å². The molecule has 5 heteroatoms. The summed E-state index contributed by atoms with van der Waals surface area (Å²) in [6, 6.07) is 8.64. The molecule has 0 unspecified atom stereocenters. The Bertz CT molecular complexity index is 1300. The topological polar surface area (TPSA) is 56.5 Å². The average Bonchev–Trinajstić information content (AvgIpc) is 3.47. The van der Waals surface area contributed by atoms with Crippen molar-refractivity contribution in [2.45, 2.75) is 40.5 Å². The summed E-state index contributed by atoms with van der Waals surface area (Å²) >= 11 is 0. The number of benzene rings is 1. The van der Waals surface area contributed by atoms with Crippen molar-refractivity contribution in [3.05, 3.63) is 94.4 Å². The van der Waals surface area contributed by atoms with Gasteiger partial charge in [0.15, 0.2) is 0 Å². The van der Waals surface area contributed by atoms with Crippen LogP contribution in [-0.4, -0.2) is 28.3 Å². The van der Waals surface area contributed by atoms with Crippen LogP contribution in [0.5, 0.6) is 0 Å². The fourth-order valence-electron chi connectivity index (χ4n) is 4.49. The van der Waals surface area contributed by atoms with Crippen molar-refractivity contribution in [2.75, 3.05) is 13.1 Å². The molecule has 3 aromatic rings. The second-order valence-electron chi connectivity index (χ2n) is 8.48. The lowest BCUT2D eigenvalue weighted by molar-refractivity contribution is 0.428. The van der Waals surface area contributed by atoms with E-state index in [1.807, 2.05) is 39.8 Å². The van der Waals surface area contributed by atoms with Crippen LogP contribution in [0.1, 0.15) is 50.4 Å². The Morgan fingerprint density at radius 3 is 2.46 bits per heavy atom. The second kappa shape index (κ2) is 12.3. The van der Waals surface area contributed by atoms with Gasteiger partial charge in [0.25, 0.3) is 0 Å². The molecule has 1 aliphatic rings. The molecule has 184 valence electrons. The maximum absolute atomic E-state index is 13.5. The van der Waals surface area contributed by atoms with Crippen molar-refractivity contribution in [1.29, 1.82) is 0 Å². The molecular weight excluding hydrogens is 435 g/mol. The zero-order valence-electron chi connectivity index (χ0n) is 21.3. The number of nitrogens with one attached hydrogen (secondary N) is 3. The third-order valence-electron chi connectivity index (χ3n) is 6.32. The van der Waals surface area contributed by atoms with Gasteiger partial charge >= 0.3 is 0 Å². The molecule has 1 fully saturated rings. The molecule has 1 saturated heterocycles. The highest BCUT2D eigenvalue weighted by Crippen LogP contribution is 2.30. The van der Waals surface area contributed by atoms with Crippen molar-refractivity contribution < 1.29 is 4.39 Å². The molecule has 0 aliphatic carbocycles. The van der Waals surface area contributed by atoms with Gasteiger partial charge in [0, 0.05) is 16.5 Å². The summed E-state index contributed by atoms with van der Waals surface area (Å²) < 4.78 is 13.5.